The zero-order valence-electron chi connectivity index (χ0n) is 26.1. The monoisotopic (exact) mass is 623 g/mol. The van der Waals surface area contributed by atoms with Gasteiger partial charge < -0.3 is 29.6 Å². The van der Waals surface area contributed by atoms with Gasteiger partial charge in [-0.25, -0.2) is 14.4 Å². The number of unbranched alkanes of at least 4 members (excludes halogenated alkanes) is 2. The van der Waals surface area contributed by atoms with Crippen LogP contribution in [0.2, 0.25) is 0 Å². The number of amidine groups is 1. The Morgan fingerprint density at radius 2 is 1.36 bits per heavy atom. The number of nitrogens with zero attached hydrogens (tertiary/aromatic N) is 1. The van der Waals surface area contributed by atoms with Crippen molar-refractivity contribution in [3.63, 3.8) is 0 Å². The molecule has 45 heavy (non-hydrogen) atoms. The largest absolute Gasteiger partial charge is 0.466 e. The number of benzene rings is 2. The second kappa shape index (κ2) is 18.6. The van der Waals surface area contributed by atoms with Crippen LogP contribution in [-0.4, -0.2) is 72.9 Å². The normalized spacial score (nSPS) is 11.0. The Morgan fingerprint density at radius 3 is 1.89 bits per heavy atom. The molecule has 0 saturated heterocycles. The summed E-state index contributed by atoms with van der Waals surface area (Å²) in [5.74, 6) is -3.11. The van der Waals surface area contributed by atoms with Crippen LogP contribution in [0.1, 0.15) is 74.9 Å². The van der Waals surface area contributed by atoms with Gasteiger partial charge in [-0.3, -0.25) is 15.0 Å². The highest BCUT2D eigenvalue weighted by Gasteiger charge is 2.38. The van der Waals surface area contributed by atoms with E-state index < -0.39 is 29.9 Å². The summed E-state index contributed by atoms with van der Waals surface area (Å²) in [6.07, 6.45) is 3.25. The molecular weight excluding hydrogens is 582 g/mol. The van der Waals surface area contributed by atoms with Crippen LogP contribution in [0.15, 0.2) is 54.1 Å². The number of ether oxygens (including phenoxy) is 4. The van der Waals surface area contributed by atoms with Gasteiger partial charge in [0.05, 0.1) is 25.4 Å². The van der Waals surface area contributed by atoms with Gasteiger partial charge in [-0.05, 0) is 88.6 Å². The van der Waals surface area contributed by atoms with Crippen LogP contribution in [0, 0.1) is 5.41 Å². The first-order valence-corrected chi connectivity index (χ1v) is 14.8. The third kappa shape index (κ3) is 11.5. The van der Waals surface area contributed by atoms with E-state index >= 15 is 0 Å². The number of hydrogen-bond acceptors (Lipinski definition) is 10. The number of amides is 1. The van der Waals surface area contributed by atoms with Gasteiger partial charge >= 0.3 is 23.9 Å². The lowest BCUT2D eigenvalue weighted by Gasteiger charge is -2.29. The average Bonchev–Trinajstić information content (AvgIpc) is 3.00. The first kappa shape index (κ1) is 36.2. The minimum atomic E-state index is -1.60. The van der Waals surface area contributed by atoms with Gasteiger partial charge in [0, 0.05) is 24.1 Å². The van der Waals surface area contributed by atoms with Crippen molar-refractivity contribution in [2.75, 3.05) is 26.4 Å². The molecule has 2 aromatic carbocycles. The van der Waals surface area contributed by atoms with E-state index in [4.69, 9.17) is 30.1 Å². The number of nitrogen functional groups attached to an aromatic ring is 1. The van der Waals surface area contributed by atoms with Crippen molar-refractivity contribution >= 4 is 41.7 Å². The molecule has 0 aliphatic heterocycles. The molecule has 0 spiro atoms. The summed E-state index contributed by atoms with van der Waals surface area (Å²) in [4.78, 5) is 64.8. The molecule has 2 rings (SSSR count). The highest BCUT2D eigenvalue weighted by atomic mass is 16.6. The number of nitrogens with one attached hydrogen (secondary N) is 1. The minimum Gasteiger partial charge on any atom is -0.466 e. The maximum absolute atomic E-state index is 13.7. The summed E-state index contributed by atoms with van der Waals surface area (Å²) >= 11 is 0. The summed E-state index contributed by atoms with van der Waals surface area (Å²) < 4.78 is 20.5. The molecule has 242 valence electrons. The summed E-state index contributed by atoms with van der Waals surface area (Å²) in [5, 5.41) is 7.45. The van der Waals surface area contributed by atoms with Crippen molar-refractivity contribution in [3.8, 4) is 5.75 Å². The molecule has 0 radical (unpaired) electrons. The first-order valence-electron chi connectivity index (χ1n) is 14.8. The lowest BCUT2D eigenvalue weighted by Crippen LogP contribution is -2.52. The van der Waals surface area contributed by atoms with E-state index in [9.17, 15) is 24.0 Å². The van der Waals surface area contributed by atoms with Crippen molar-refractivity contribution < 1.29 is 42.9 Å². The van der Waals surface area contributed by atoms with Crippen LogP contribution < -0.4 is 10.5 Å². The van der Waals surface area contributed by atoms with Crippen molar-refractivity contribution in [1.29, 1.82) is 5.41 Å². The van der Waals surface area contributed by atoms with Gasteiger partial charge in [0.15, 0.2) is 0 Å². The fourth-order valence-corrected chi connectivity index (χ4v) is 4.22. The van der Waals surface area contributed by atoms with Crippen molar-refractivity contribution in [2.45, 2.75) is 59.4 Å². The SMILES string of the molecule is CCOC(=O)CCCCCN(C(=O)/C(C)=C/c1ccc(C(=O)Oc2ccc(C(=N)N)cc2)cc1)C(C(=O)OCC)C(=O)OCC. The van der Waals surface area contributed by atoms with Crippen LogP contribution in [0.4, 0.5) is 0 Å². The molecule has 1 amide bonds. The van der Waals surface area contributed by atoms with Crippen LogP contribution in [0.5, 0.6) is 5.75 Å². The molecule has 12 nitrogen and oxygen atoms in total. The Kier molecular flexibility index (Phi) is 15.0. The topological polar surface area (TPSA) is 175 Å². The predicted octanol–water partition coefficient (Wildman–Crippen LogP) is 4.04. The van der Waals surface area contributed by atoms with E-state index in [2.05, 4.69) is 0 Å². The molecule has 0 fully saturated rings. The third-order valence-electron chi connectivity index (χ3n) is 6.42. The van der Waals surface area contributed by atoms with Crippen molar-refractivity contribution in [2.24, 2.45) is 5.73 Å². The van der Waals surface area contributed by atoms with Gasteiger partial charge in [0.1, 0.15) is 11.6 Å². The maximum Gasteiger partial charge on any atom is 0.343 e. The molecule has 0 heterocycles. The number of nitrogens with two attached hydrogens (primary N) is 1. The zero-order chi connectivity index (χ0) is 33.4. The second-order valence-corrected chi connectivity index (χ2v) is 9.80. The Bertz CT molecular complexity index is 1350. The Labute approximate surface area is 263 Å². The van der Waals surface area contributed by atoms with Gasteiger partial charge in [-0.1, -0.05) is 18.6 Å². The van der Waals surface area contributed by atoms with Crippen LogP contribution in [0.3, 0.4) is 0 Å². The summed E-state index contributed by atoms with van der Waals surface area (Å²) in [6, 6.07) is 10.9. The fourth-order valence-electron chi connectivity index (χ4n) is 4.22. The lowest BCUT2D eigenvalue weighted by molar-refractivity contribution is -0.167. The van der Waals surface area contributed by atoms with Crippen molar-refractivity contribution in [1.82, 2.24) is 4.90 Å². The molecule has 0 atom stereocenters. The van der Waals surface area contributed by atoms with E-state index in [-0.39, 0.29) is 61.5 Å². The number of esters is 4. The smallest absolute Gasteiger partial charge is 0.343 e. The van der Waals surface area contributed by atoms with E-state index in [0.29, 0.717) is 30.4 Å². The van der Waals surface area contributed by atoms with E-state index in [0.717, 1.165) is 4.90 Å². The Hall–Kier alpha value is -5.00. The summed E-state index contributed by atoms with van der Waals surface area (Å²) in [7, 11) is 0. The fraction of sp³-hybridized carbons (Fsp3) is 0.394. The highest BCUT2D eigenvalue weighted by molar-refractivity contribution is 6.06. The number of hydrogen-bond donors (Lipinski definition) is 2. The molecule has 12 heteroatoms. The molecule has 0 aliphatic carbocycles. The maximum atomic E-state index is 13.7. The summed E-state index contributed by atoms with van der Waals surface area (Å²) in [6.45, 7) is 6.80. The average molecular weight is 624 g/mol. The number of carbonyl (C=O) groups is 5. The Balaban J connectivity index is 2.22. The van der Waals surface area contributed by atoms with E-state index in [1.807, 2.05) is 0 Å². The first-order chi connectivity index (χ1) is 21.5. The second-order valence-electron chi connectivity index (χ2n) is 9.80. The van der Waals surface area contributed by atoms with Crippen LogP contribution in [0.25, 0.3) is 6.08 Å². The van der Waals surface area contributed by atoms with Crippen molar-refractivity contribution in [3.05, 3.63) is 70.8 Å². The molecule has 0 saturated carbocycles. The third-order valence-corrected chi connectivity index (χ3v) is 6.42. The van der Waals surface area contributed by atoms with Gasteiger partial charge in [-0.2, -0.15) is 0 Å². The van der Waals surface area contributed by atoms with E-state index in [1.165, 1.54) is 24.3 Å². The lowest BCUT2D eigenvalue weighted by atomic mass is 10.1. The molecule has 0 aromatic heterocycles. The molecule has 0 unspecified atom stereocenters. The van der Waals surface area contributed by atoms with E-state index in [1.54, 1.807) is 58.0 Å². The van der Waals surface area contributed by atoms with Gasteiger partial charge in [-0.15, -0.1) is 0 Å². The van der Waals surface area contributed by atoms with Crippen LogP contribution >= 0.6 is 0 Å². The van der Waals surface area contributed by atoms with Gasteiger partial charge in [0.2, 0.25) is 6.04 Å². The summed E-state index contributed by atoms with van der Waals surface area (Å²) in [5.41, 5.74) is 7.02. The minimum absolute atomic E-state index is 0.00361. The van der Waals surface area contributed by atoms with Gasteiger partial charge in [0.25, 0.3) is 5.91 Å². The molecule has 0 aliphatic rings. The van der Waals surface area contributed by atoms with Crippen LogP contribution in [-0.2, 0) is 33.4 Å². The molecular formula is C33H41N3O9. The quantitative estimate of drug-likeness (QED) is 0.0382. The molecule has 2 aromatic rings. The molecule has 0 bridgehead atoms. The number of carbonyl (C=O) groups excluding carboxylic acids is 5. The number of rotatable bonds is 17. The zero-order valence-corrected chi connectivity index (χ0v) is 26.1. The standard InChI is InChI=1S/C33H41N3O9/c1-5-42-27(37)11-9-8-10-20-36(28(32(40)43-6-2)33(41)44-7-3)30(38)22(4)21-23-12-14-25(15-13-23)31(39)45-26-18-16-24(17-19-26)29(34)35/h12-19,21,28H,5-11,20H2,1-4H3,(H3,34,35)/b22-21+. The predicted molar refractivity (Wildman–Crippen MR) is 166 cm³/mol. The highest BCUT2D eigenvalue weighted by Crippen LogP contribution is 2.18. The Morgan fingerprint density at radius 1 is 0.800 bits per heavy atom. The molecule has 3 N–H and O–H groups in total.